The molecule has 0 bridgehead atoms. The summed E-state index contributed by atoms with van der Waals surface area (Å²) in [6.45, 7) is 4.50. The van der Waals surface area contributed by atoms with Crippen LogP contribution >= 0.6 is 35.3 Å². The Balaban J connectivity index is 2.76. The van der Waals surface area contributed by atoms with E-state index in [9.17, 15) is 0 Å². The summed E-state index contributed by atoms with van der Waals surface area (Å²) < 4.78 is 0. The van der Waals surface area contributed by atoms with Crippen LogP contribution in [0.25, 0.3) is 0 Å². The van der Waals surface area contributed by atoms with Crippen molar-refractivity contribution < 1.29 is 0 Å². The Hall–Kier alpha value is 1.05. The molecule has 0 aliphatic rings. The number of hydrogen-bond acceptors (Lipinski definition) is 3. The normalized spacial score (nSPS) is 10.6. The zero-order valence-electron chi connectivity index (χ0n) is 8.88. The highest BCUT2D eigenvalue weighted by Crippen LogP contribution is 2.10. The zero-order valence-corrected chi connectivity index (χ0v) is 11.3. The van der Waals surface area contributed by atoms with Crippen LogP contribution < -0.4 is 0 Å². The van der Waals surface area contributed by atoms with E-state index in [1.165, 1.54) is 47.4 Å². The molecular formula is C10H22S3. The first-order valence-corrected chi connectivity index (χ1v) is 8.61. The summed E-state index contributed by atoms with van der Waals surface area (Å²) in [5.74, 6) is 8.05. The Labute approximate surface area is 96.4 Å². The fraction of sp³-hybridized carbons (Fsp3) is 1.00. The number of thioether (sulfide) groups is 3. The molecule has 0 rings (SSSR count). The average molecular weight is 238 g/mol. The van der Waals surface area contributed by atoms with E-state index >= 15 is 0 Å². The van der Waals surface area contributed by atoms with Crippen LogP contribution in [-0.4, -0.2) is 34.5 Å². The lowest BCUT2D eigenvalue weighted by atomic mass is 10.6. The topological polar surface area (TPSA) is 0 Å². The summed E-state index contributed by atoms with van der Waals surface area (Å²) >= 11 is 6.30. The van der Waals surface area contributed by atoms with Gasteiger partial charge in [-0.05, 0) is 24.3 Å². The largest absolute Gasteiger partial charge is 0.161 e. The molecule has 0 heterocycles. The lowest BCUT2D eigenvalue weighted by Crippen LogP contribution is -1.91. The van der Waals surface area contributed by atoms with Gasteiger partial charge in [0.15, 0.2) is 0 Å². The van der Waals surface area contributed by atoms with E-state index in [0.29, 0.717) is 0 Å². The molecular weight excluding hydrogens is 216 g/mol. The van der Waals surface area contributed by atoms with E-state index in [1.807, 2.05) is 0 Å². The van der Waals surface area contributed by atoms with Crippen LogP contribution in [0, 0.1) is 0 Å². The number of hydrogen-bond donors (Lipinski definition) is 0. The molecule has 13 heavy (non-hydrogen) atoms. The molecule has 0 saturated heterocycles. The van der Waals surface area contributed by atoms with Gasteiger partial charge in [0.05, 0.1) is 0 Å². The molecule has 0 aliphatic heterocycles. The minimum atomic E-state index is 1.32. The van der Waals surface area contributed by atoms with Crippen LogP contribution in [0.5, 0.6) is 0 Å². The quantitative estimate of drug-likeness (QED) is 0.528. The maximum Gasteiger partial charge on any atom is 0.00238 e. The van der Waals surface area contributed by atoms with E-state index in [2.05, 4.69) is 49.1 Å². The van der Waals surface area contributed by atoms with Crippen LogP contribution in [0.1, 0.15) is 26.7 Å². The lowest BCUT2D eigenvalue weighted by Gasteiger charge is -2.00. The molecule has 0 unspecified atom stereocenters. The van der Waals surface area contributed by atoms with Crippen molar-refractivity contribution in [2.75, 3.05) is 34.5 Å². The summed E-state index contributed by atoms with van der Waals surface area (Å²) in [5, 5.41) is 0. The van der Waals surface area contributed by atoms with Crippen molar-refractivity contribution in [1.29, 1.82) is 0 Å². The van der Waals surface area contributed by atoms with Gasteiger partial charge >= 0.3 is 0 Å². The van der Waals surface area contributed by atoms with E-state index < -0.39 is 0 Å². The maximum absolute atomic E-state index is 2.25. The third-order valence-electron chi connectivity index (χ3n) is 1.44. The van der Waals surface area contributed by atoms with Crippen molar-refractivity contribution in [3.8, 4) is 0 Å². The molecule has 0 aromatic rings. The first-order valence-electron chi connectivity index (χ1n) is 5.15. The summed E-state index contributed by atoms with van der Waals surface area (Å²) in [5.41, 5.74) is 0. The Bertz CT molecular complexity index is 76.2. The van der Waals surface area contributed by atoms with Gasteiger partial charge < -0.3 is 0 Å². The van der Waals surface area contributed by atoms with Crippen molar-refractivity contribution in [3.05, 3.63) is 0 Å². The van der Waals surface area contributed by atoms with Gasteiger partial charge in [0.2, 0.25) is 0 Å². The molecule has 0 saturated carbocycles. The first-order chi connectivity index (χ1) is 6.41. The Morgan fingerprint density at radius 3 is 1.15 bits per heavy atom. The highest BCUT2D eigenvalue weighted by molar-refractivity contribution is 8.04. The van der Waals surface area contributed by atoms with Crippen molar-refractivity contribution in [1.82, 2.24) is 0 Å². The third-order valence-corrected chi connectivity index (χ3v) is 5.32. The van der Waals surface area contributed by atoms with Gasteiger partial charge in [-0.25, -0.2) is 0 Å². The second-order valence-electron chi connectivity index (χ2n) is 2.84. The smallest absolute Gasteiger partial charge is 0.00238 e. The Morgan fingerprint density at radius 2 is 0.846 bits per heavy atom. The van der Waals surface area contributed by atoms with Crippen LogP contribution in [0.3, 0.4) is 0 Å². The molecule has 0 fully saturated rings. The molecule has 0 spiro atoms. The monoisotopic (exact) mass is 238 g/mol. The minimum absolute atomic E-state index is 1.32. The predicted molar refractivity (Wildman–Crippen MR) is 72.6 cm³/mol. The highest BCUT2D eigenvalue weighted by Gasteiger charge is 1.91. The van der Waals surface area contributed by atoms with Gasteiger partial charge in [0.25, 0.3) is 0 Å². The van der Waals surface area contributed by atoms with Crippen LogP contribution in [0.2, 0.25) is 0 Å². The van der Waals surface area contributed by atoms with E-state index in [0.717, 1.165) is 0 Å². The van der Waals surface area contributed by atoms with Crippen LogP contribution in [0.15, 0.2) is 0 Å². The molecule has 0 aromatic carbocycles. The maximum atomic E-state index is 2.25. The summed E-state index contributed by atoms with van der Waals surface area (Å²) in [6.07, 6.45) is 2.64. The molecule has 0 radical (unpaired) electrons. The van der Waals surface area contributed by atoms with Crippen LogP contribution in [-0.2, 0) is 0 Å². The van der Waals surface area contributed by atoms with Gasteiger partial charge in [-0.2, -0.15) is 35.3 Å². The summed E-state index contributed by atoms with van der Waals surface area (Å²) in [4.78, 5) is 0. The SMILES string of the molecule is CCCSCCSCCSCCC. The summed E-state index contributed by atoms with van der Waals surface area (Å²) in [6, 6.07) is 0. The van der Waals surface area contributed by atoms with Crippen molar-refractivity contribution in [2.24, 2.45) is 0 Å². The van der Waals surface area contributed by atoms with Gasteiger partial charge in [-0.3, -0.25) is 0 Å². The molecule has 0 nitrogen and oxygen atoms in total. The predicted octanol–water partition coefficient (Wildman–Crippen LogP) is 4.01. The third kappa shape index (κ3) is 13.1. The molecule has 3 heteroatoms. The zero-order chi connectivity index (χ0) is 9.78. The number of rotatable bonds is 10. The fourth-order valence-electron chi connectivity index (χ4n) is 0.831. The Morgan fingerprint density at radius 1 is 0.538 bits per heavy atom. The highest BCUT2D eigenvalue weighted by atomic mass is 32.2. The van der Waals surface area contributed by atoms with Gasteiger partial charge in [-0.15, -0.1) is 0 Å². The second kappa shape index (κ2) is 13.1. The van der Waals surface area contributed by atoms with Gasteiger partial charge in [0, 0.05) is 23.0 Å². The van der Waals surface area contributed by atoms with Gasteiger partial charge in [0.1, 0.15) is 0 Å². The molecule has 0 aliphatic carbocycles. The molecule has 0 amide bonds. The summed E-state index contributed by atoms with van der Waals surface area (Å²) in [7, 11) is 0. The lowest BCUT2D eigenvalue weighted by molar-refractivity contribution is 1.10. The van der Waals surface area contributed by atoms with E-state index in [-0.39, 0.29) is 0 Å². The van der Waals surface area contributed by atoms with E-state index in [1.54, 1.807) is 0 Å². The van der Waals surface area contributed by atoms with Crippen molar-refractivity contribution in [2.45, 2.75) is 26.7 Å². The Kier molecular flexibility index (Phi) is 14.1. The molecule has 80 valence electrons. The van der Waals surface area contributed by atoms with E-state index in [4.69, 9.17) is 0 Å². The standard InChI is InChI=1S/C10H22S3/c1-3-5-11-7-9-13-10-8-12-6-4-2/h3-10H2,1-2H3. The average Bonchev–Trinajstić information content (AvgIpc) is 2.16. The van der Waals surface area contributed by atoms with Crippen molar-refractivity contribution in [3.63, 3.8) is 0 Å². The molecule has 0 N–H and O–H groups in total. The molecule has 0 aromatic heterocycles. The fourth-order valence-corrected chi connectivity index (χ4v) is 3.91. The first kappa shape index (κ1) is 14.1. The minimum Gasteiger partial charge on any atom is -0.161 e. The van der Waals surface area contributed by atoms with Crippen LogP contribution in [0.4, 0.5) is 0 Å². The second-order valence-corrected chi connectivity index (χ2v) is 6.51. The van der Waals surface area contributed by atoms with Crippen molar-refractivity contribution >= 4 is 35.3 Å². The molecule has 0 atom stereocenters. The van der Waals surface area contributed by atoms with Gasteiger partial charge in [-0.1, -0.05) is 13.8 Å².